The summed E-state index contributed by atoms with van der Waals surface area (Å²) in [7, 11) is 3.52. The summed E-state index contributed by atoms with van der Waals surface area (Å²) in [6, 6.07) is 6.06. The molecule has 2 saturated heterocycles. The normalized spacial score (nSPS) is 21.4. The summed E-state index contributed by atoms with van der Waals surface area (Å²) in [6.45, 7) is 6.10. The van der Waals surface area contributed by atoms with E-state index in [1.165, 1.54) is 37.8 Å². The highest BCUT2D eigenvalue weighted by molar-refractivity contribution is 8.18. The maximum atomic E-state index is 13.5. The Bertz CT molecular complexity index is 1450. The molecule has 5 rings (SSSR count). The van der Waals surface area contributed by atoms with Crippen LogP contribution in [0.1, 0.15) is 35.1 Å². The smallest absolute Gasteiger partial charge is 0.416 e. The van der Waals surface area contributed by atoms with Crippen LogP contribution in [0.3, 0.4) is 0 Å². The van der Waals surface area contributed by atoms with Gasteiger partial charge in [-0.3, -0.25) is 9.69 Å². The molecule has 1 atom stereocenters. The van der Waals surface area contributed by atoms with E-state index in [9.17, 15) is 31.1 Å². The van der Waals surface area contributed by atoms with Crippen molar-refractivity contribution in [1.82, 2.24) is 14.7 Å². The van der Waals surface area contributed by atoms with Crippen molar-refractivity contribution in [3.8, 4) is 11.5 Å². The van der Waals surface area contributed by atoms with E-state index in [1.54, 1.807) is 18.2 Å². The van der Waals surface area contributed by atoms with Crippen molar-refractivity contribution in [3.05, 3.63) is 63.6 Å². The van der Waals surface area contributed by atoms with Gasteiger partial charge in [0.15, 0.2) is 16.7 Å². The Kier molecular flexibility index (Phi) is 10.0. The number of rotatable bonds is 7. The Hall–Kier alpha value is -3.23. The van der Waals surface area contributed by atoms with E-state index in [0.29, 0.717) is 27.6 Å². The number of hydrogen-bond acceptors (Lipinski definition) is 7. The summed E-state index contributed by atoms with van der Waals surface area (Å²) in [5.41, 5.74) is -2.70. The van der Waals surface area contributed by atoms with Crippen LogP contribution in [0.25, 0.3) is 6.08 Å². The highest BCUT2D eigenvalue weighted by Crippen LogP contribution is 2.39. The molecule has 2 fully saturated rings. The number of benzene rings is 2. The van der Waals surface area contributed by atoms with Gasteiger partial charge in [0.05, 0.1) is 23.1 Å². The van der Waals surface area contributed by atoms with Crippen molar-refractivity contribution in [2.75, 3.05) is 60.0 Å². The molecule has 3 aliphatic rings. The van der Waals surface area contributed by atoms with E-state index in [-0.39, 0.29) is 23.5 Å². The largest absolute Gasteiger partial charge is 0.493 e. The van der Waals surface area contributed by atoms with Gasteiger partial charge in [-0.2, -0.15) is 31.3 Å². The van der Waals surface area contributed by atoms with Crippen molar-refractivity contribution in [2.24, 2.45) is 10.9 Å². The average molecular weight is 657 g/mol. The van der Waals surface area contributed by atoms with Crippen LogP contribution < -0.4 is 9.47 Å². The topological polar surface area (TPSA) is 57.6 Å². The van der Waals surface area contributed by atoms with Crippen LogP contribution >= 0.6 is 11.8 Å². The molecule has 3 heterocycles. The number of piperidine rings is 1. The molecular weight excluding hydrogens is 622 g/mol. The highest BCUT2D eigenvalue weighted by atomic mass is 32.2. The molecular formula is C31H34F6N4O3S. The van der Waals surface area contributed by atoms with E-state index in [0.717, 1.165) is 51.9 Å². The SMILES string of the molecule is COc1cc(/C=C2/SC(N3CCN(CC4CCCN(C)C4)CC3)=NC2=O)ccc1OCc1ccc(C(F)(F)F)cc1C(F)(F)F. The number of alkyl halides is 6. The number of carbonyl (C=O) groups is 1. The van der Waals surface area contributed by atoms with Gasteiger partial charge in [-0.25, -0.2) is 0 Å². The van der Waals surface area contributed by atoms with Gasteiger partial charge in [0.1, 0.15) is 6.61 Å². The molecule has 0 saturated carbocycles. The number of nitrogens with zero attached hydrogens (tertiary/aromatic N) is 4. The first kappa shape index (κ1) is 33.1. The number of aliphatic imine (C=N–C) groups is 1. The number of carbonyl (C=O) groups excluding carboxylic acids is 1. The summed E-state index contributed by atoms with van der Waals surface area (Å²) in [5.74, 6) is 0.596. The maximum absolute atomic E-state index is 13.5. The Balaban J connectivity index is 1.20. The van der Waals surface area contributed by atoms with Gasteiger partial charge in [-0.15, -0.1) is 0 Å². The third-order valence-electron chi connectivity index (χ3n) is 8.10. The molecule has 2 aromatic rings. The standard InChI is InChI=1S/C31H34F6N4O3S/c1-39-9-3-4-21(17-39)18-40-10-12-41(13-11-40)29-38-28(42)27(45-29)15-20-5-8-25(26(14-20)43-2)44-19-22-6-7-23(30(32,33)34)16-24(22)31(35,36)37/h5-8,14-16,21H,3-4,9-13,17-19H2,1-2H3/b27-15+. The van der Waals surface area contributed by atoms with Gasteiger partial charge in [0.2, 0.25) is 0 Å². The lowest BCUT2D eigenvalue weighted by Gasteiger charge is -2.39. The number of amides is 1. The predicted molar refractivity (Wildman–Crippen MR) is 160 cm³/mol. The average Bonchev–Trinajstić information content (AvgIpc) is 3.35. The summed E-state index contributed by atoms with van der Waals surface area (Å²) < 4.78 is 90.5. The zero-order chi connectivity index (χ0) is 32.4. The number of likely N-dealkylation sites (tertiary alicyclic amines) is 1. The highest BCUT2D eigenvalue weighted by Gasteiger charge is 2.38. The van der Waals surface area contributed by atoms with Gasteiger partial charge in [-0.1, -0.05) is 12.1 Å². The fraction of sp³-hybridized carbons (Fsp3) is 0.484. The zero-order valence-electron chi connectivity index (χ0n) is 24.9. The molecule has 0 radical (unpaired) electrons. The minimum absolute atomic E-state index is 0.0775. The van der Waals surface area contributed by atoms with E-state index >= 15 is 0 Å². The molecule has 7 nitrogen and oxygen atoms in total. The third kappa shape index (κ3) is 8.33. The van der Waals surface area contributed by atoms with Gasteiger partial charge in [0, 0.05) is 44.8 Å². The number of halogens is 6. The second kappa shape index (κ2) is 13.6. The molecule has 0 bridgehead atoms. The fourth-order valence-corrected chi connectivity index (χ4v) is 6.75. The van der Waals surface area contributed by atoms with Crippen LogP contribution in [0, 0.1) is 5.92 Å². The van der Waals surface area contributed by atoms with E-state index < -0.39 is 35.6 Å². The summed E-state index contributed by atoms with van der Waals surface area (Å²) in [4.78, 5) is 24.4. The zero-order valence-corrected chi connectivity index (χ0v) is 25.7. The summed E-state index contributed by atoms with van der Waals surface area (Å²) in [5, 5.41) is 0.659. The van der Waals surface area contributed by atoms with Gasteiger partial charge >= 0.3 is 12.4 Å². The van der Waals surface area contributed by atoms with Gasteiger partial charge in [-0.05, 0) is 80.0 Å². The molecule has 0 spiro atoms. The molecule has 0 aromatic heterocycles. The van der Waals surface area contributed by atoms with Crippen LogP contribution in [0.15, 0.2) is 46.3 Å². The van der Waals surface area contributed by atoms with Crippen LogP contribution in [0.2, 0.25) is 0 Å². The van der Waals surface area contributed by atoms with Gasteiger partial charge < -0.3 is 19.3 Å². The minimum atomic E-state index is -5.01. The van der Waals surface area contributed by atoms with Crippen LogP contribution in [0.5, 0.6) is 11.5 Å². The second-order valence-electron chi connectivity index (χ2n) is 11.4. The number of amidine groups is 1. The fourth-order valence-electron chi connectivity index (χ4n) is 5.78. The summed E-state index contributed by atoms with van der Waals surface area (Å²) in [6.07, 6.45) is -5.78. The molecule has 14 heteroatoms. The molecule has 1 unspecified atom stereocenters. The number of thioether (sulfide) groups is 1. The Morgan fingerprint density at radius 3 is 2.40 bits per heavy atom. The van der Waals surface area contributed by atoms with Crippen molar-refractivity contribution in [3.63, 3.8) is 0 Å². The number of piperazine rings is 1. The first-order valence-electron chi connectivity index (χ1n) is 14.6. The second-order valence-corrected chi connectivity index (χ2v) is 12.4. The monoisotopic (exact) mass is 656 g/mol. The molecule has 0 aliphatic carbocycles. The lowest BCUT2D eigenvalue weighted by Crippen LogP contribution is -2.50. The Morgan fingerprint density at radius 2 is 1.73 bits per heavy atom. The van der Waals surface area contributed by atoms with Crippen molar-refractivity contribution in [2.45, 2.75) is 31.8 Å². The van der Waals surface area contributed by atoms with Crippen LogP contribution in [-0.4, -0.2) is 85.7 Å². The lowest BCUT2D eigenvalue weighted by atomic mass is 9.97. The van der Waals surface area contributed by atoms with Gasteiger partial charge in [0.25, 0.3) is 5.91 Å². The number of ether oxygens (including phenoxy) is 2. The summed E-state index contributed by atoms with van der Waals surface area (Å²) >= 11 is 1.29. The maximum Gasteiger partial charge on any atom is 0.416 e. The molecule has 0 N–H and O–H groups in total. The van der Waals surface area contributed by atoms with Crippen molar-refractivity contribution in [1.29, 1.82) is 0 Å². The molecule has 2 aromatic carbocycles. The quantitative estimate of drug-likeness (QED) is 0.258. The number of methoxy groups -OCH3 is 1. The van der Waals surface area contributed by atoms with E-state index in [2.05, 4.69) is 26.7 Å². The first-order valence-corrected chi connectivity index (χ1v) is 15.4. The Morgan fingerprint density at radius 1 is 0.978 bits per heavy atom. The lowest BCUT2D eigenvalue weighted by molar-refractivity contribution is -0.143. The van der Waals surface area contributed by atoms with Crippen molar-refractivity contribution >= 4 is 28.9 Å². The Labute approximate surface area is 261 Å². The van der Waals surface area contributed by atoms with Crippen LogP contribution in [0.4, 0.5) is 26.3 Å². The van der Waals surface area contributed by atoms with E-state index in [4.69, 9.17) is 9.47 Å². The van der Waals surface area contributed by atoms with Crippen LogP contribution in [-0.2, 0) is 23.8 Å². The molecule has 1 amide bonds. The predicted octanol–water partition coefficient (Wildman–Crippen LogP) is 6.24. The molecule has 3 aliphatic heterocycles. The number of hydrogen-bond donors (Lipinski definition) is 0. The third-order valence-corrected chi connectivity index (χ3v) is 9.15. The van der Waals surface area contributed by atoms with E-state index in [1.807, 2.05) is 0 Å². The minimum Gasteiger partial charge on any atom is -0.493 e. The van der Waals surface area contributed by atoms with Crippen molar-refractivity contribution < 1.29 is 40.6 Å². The molecule has 45 heavy (non-hydrogen) atoms. The first-order chi connectivity index (χ1) is 21.3. The molecule has 244 valence electrons.